The molecule has 1 N–H and O–H groups in total. The molecule has 1 fully saturated rings. The number of aryl methyl sites for hydroxylation is 1. The highest BCUT2D eigenvalue weighted by molar-refractivity contribution is 7.99. The van der Waals surface area contributed by atoms with Crippen molar-refractivity contribution in [3.8, 4) is 0 Å². The van der Waals surface area contributed by atoms with E-state index in [1.807, 2.05) is 18.2 Å². The van der Waals surface area contributed by atoms with Gasteiger partial charge >= 0.3 is 5.69 Å². The molecule has 1 unspecified atom stereocenters. The van der Waals surface area contributed by atoms with Crippen molar-refractivity contribution in [1.29, 1.82) is 0 Å². The Balaban J connectivity index is 1.61. The zero-order valence-electron chi connectivity index (χ0n) is 11.8. The van der Waals surface area contributed by atoms with Crippen LogP contribution in [0, 0.1) is 0 Å². The summed E-state index contributed by atoms with van der Waals surface area (Å²) in [5.74, 6) is 0.857. The molecule has 1 saturated heterocycles. The highest BCUT2D eigenvalue weighted by Crippen LogP contribution is 2.21. The van der Waals surface area contributed by atoms with Crippen molar-refractivity contribution >= 4 is 11.8 Å². The zero-order valence-corrected chi connectivity index (χ0v) is 12.6. The minimum absolute atomic E-state index is 0.138. The summed E-state index contributed by atoms with van der Waals surface area (Å²) in [6.07, 6.45) is 3.36. The maximum absolute atomic E-state index is 11.9. The van der Waals surface area contributed by atoms with Crippen LogP contribution in [0.2, 0.25) is 0 Å². The van der Waals surface area contributed by atoms with E-state index < -0.39 is 0 Å². The third kappa shape index (κ3) is 3.77. The van der Waals surface area contributed by atoms with Crippen LogP contribution in [-0.4, -0.2) is 33.2 Å². The molecule has 0 saturated carbocycles. The van der Waals surface area contributed by atoms with Crippen LogP contribution in [0.1, 0.15) is 18.4 Å². The summed E-state index contributed by atoms with van der Waals surface area (Å²) >= 11 is 1.60. The van der Waals surface area contributed by atoms with Crippen molar-refractivity contribution in [2.75, 3.05) is 12.4 Å². The van der Waals surface area contributed by atoms with Crippen LogP contribution in [0.15, 0.2) is 40.3 Å². The molecule has 0 radical (unpaired) electrons. The smallest absolute Gasteiger partial charge is 0.343 e. The molecule has 0 bridgehead atoms. The molecule has 1 aliphatic rings. The number of rotatable bonds is 6. The molecular formula is C15H19N3O2S. The SMILES string of the molecule is O=c1[nH]nc(SCC2CCCO2)n1CCc1ccccc1. The van der Waals surface area contributed by atoms with Gasteiger partial charge in [0, 0.05) is 18.9 Å². The predicted molar refractivity (Wildman–Crippen MR) is 82.7 cm³/mol. The van der Waals surface area contributed by atoms with Gasteiger partial charge < -0.3 is 4.74 Å². The van der Waals surface area contributed by atoms with Crippen LogP contribution in [0.5, 0.6) is 0 Å². The van der Waals surface area contributed by atoms with Crippen molar-refractivity contribution in [2.45, 2.75) is 37.1 Å². The van der Waals surface area contributed by atoms with Crippen LogP contribution in [0.4, 0.5) is 0 Å². The first kappa shape index (κ1) is 14.4. The molecule has 5 nitrogen and oxygen atoms in total. The highest BCUT2D eigenvalue weighted by Gasteiger charge is 2.17. The van der Waals surface area contributed by atoms with Crippen molar-refractivity contribution in [1.82, 2.24) is 14.8 Å². The minimum atomic E-state index is -0.138. The molecule has 21 heavy (non-hydrogen) atoms. The quantitative estimate of drug-likeness (QED) is 0.830. The molecular weight excluding hydrogens is 286 g/mol. The van der Waals surface area contributed by atoms with Gasteiger partial charge in [0.15, 0.2) is 5.16 Å². The molecule has 1 atom stereocenters. The Morgan fingerprint density at radius 1 is 1.38 bits per heavy atom. The lowest BCUT2D eigenvalue weighted by Gasteiger charge is -2.09. The molecule has 112 valence electrons. The number of aromatic nitrogens is 3. The fourth-order valence-corrected chi connectivity index (χ4v) is 3.48. The van der Waals surface area contributed by atoms with Gasteiger partial charge in [-0.15, -0.1) is 5.10 Å². The molecule has 0 aliphatic carbocycles. The molecule has 1 aromatic carbocycles. The van der Waals surface area contributed by atoms with E-state index in [9.17, 15) is 4.79 Å². The van der Waals surface area contributed by atoms with Gasteiger partial charge in [-0.25, -0.2) is 9.89 Å². The lowest BCUT2D eigenvalue weighted by Crippen LogP contribution is -2.19. The molecule has 1 aromatic heterocycles. The third-order valence-electron chi connectivity index (χ3n) is 3.61. The molecule has 0 spiro atoms. The summed E-state index contributed by atoms with van der Waals surface area (Å²) < 4.78 is 7.32. The first-order chi connectivity index (χ1) is 10.3. The van der Waals surface area contributed by atoms with Crippen LogP contribution in [-0.2, 0) is 17.7 Å². The molecule has 1 aliphatic heterocycles. The zero-order chi connectivity index (χ0) is 14.5. The van der Waals surface area contributed by atoms with Gasteiger partial charge in [-0.2, -0.15) is 0 Å². The molecule has 6 heteroatoms. The van der Waals surface area contributed by atoms with Gasteiger partial charge in [0.1, 0.15) is 0 Å². The number of benzene rings is 1. The van der Waals surface area contributed by atoms with E-state index in [-0.39, 0.29) is 5.69 Å². The average molecular weight is 305 g/mol. The van der Waals surface area contributed by atoms with E-state index in [1.54, 1.807) is 16.3 Å². The number of hydrogen-bond acceptors (Lipinski definition) is 4. The second-order valence-corrected chi connectivity index (χ2v) is 6.13. The topological polar surface area (TPSA) is 59.9 Å². The fraction of sp³-hybridized carbons (Fsp3) is 0.467. The third-order valence-corrected chi connectivity index (χ3v) is 4.72. The summed E-state index contributed by atoms with van der Waals surface area (Å²) in [6, 6.07) is 10.2. The van der Waals surface area contributed by atoms with Gasteiger partial charge in [0.2, 0.25) is 0 Å². The standard InChI is InChI=1S/C15H19N3O2S/c19-14-16-17-15(21-11-13-7-4-10-20-13)18(14)9-8-12-5-2-1-3-6-12/h1-3,5-6,13H,4,7-11H2,(H,16,19). The Labute approximate surface area is 127 Å². The normalized spacial score (nSPS) is 18.2. The Kier molecular flexibility index (Phi) is 4.77. The van der Waals surface area contributed by atoms with Crippen molar-refractivity contribution < 1.29 is 4.74 Å². The largest absolute Gasteiger partial charge is 0.377 e. The van der Waals surface area contributed by atoms with Crippen molar-refractivity contribution in [3.63, 3.8) is 0 Å². The lowest BCUT2D eigenvalue weighted by atomic mass is 10.1. The van der Waals surface area contributed by atoms with Crippen LogP contribution in [0.3, 0.4) is 0 Å². The maximum atomic E-state index is 11.9. The maximum Gasteiger partial charge on any atom is 0.343 e. The van der Waals surface area contributed by atoms with E-state index in [0.717, 1.165) is 36.8 Å². The summed E-state index contributed by atoms with van der Waals surface area (Å²) in [5.41, 5.74) is 1.08. The van der Waals surface area contributed by atoms with E-state index in [1.165, 1.54) is 5.56 Å². The van der Waals surface area contributed by atoms with Gasteiger partial charge in [-0.3, -0.25) is 4.57 Å². The monoisotopic (exact) mass is 305 g/mol. The average Bonchev–Trinajstić information content (AvgIpc) is 3.14. The van der Waals surface area contributed by atoms with Crippen molar-refractivity contribution in [2.24, 2.45) is 0 Å². The number of aromatic amines is 1. The Bertz CT molecular complexity index is 617. The number of H-pyrrole nitrogens is 1. The summed E-state index contributed by atoms with van der Waals surface area (Å²) in [6.45, 7) is 1.50. The Hall–Kier alpha value is -1.53. The number of nitrogens with one attached hydrogen (secondary N) is 1. The Morgan fingerprint density at radius 2 is 2.24 bits per heavy atom. The van der Waals surface area contributed by atoms with Crippen molar-refractivity contribution in [3.05, 3.63) is 46.4 Å². The van der Waals surface area contributed by atoms with Gasteiger partial charge in [0.25, 0.3) is 0 Å². The number of thioether (sulfide) groups is 1. The Morgan fingerprint density at radius 3 is 3.00 bits per heavy atom. The highest BCUT2D eigenvalue weighted by atomic mass is 32.2. The van der Waals surface area contributed by atoms with Crippen LogP contribution >= 0.6 is 11.8 Å². The number of hydrogen-bond donors (Lipinski definition) is 1. The van der Waals surface area contributed by atoms with Gasteiger partial charge in [0.05, 0.1) is 6.10 Å². The summed E-state index contributed by atoms with van der Waals surface area (Å²) in [4.78, 5) is 11.9. The summed E-state index contributed by atoms with van der Waals surface area (Å²) in [5, 5.41) is 7.42. The van der Waals surface area contributed by atoms with Crippen LogP contribution in [0.25, 0.3) is 0 Å². The summed E-state index contributed by atoms with van der Waals surface area (Å²) in [7, 11) is 0. The van der Waals surface area contributed by atoms with E-state index in [2.05, 4.69) is 22.3 Å². The first-order valence-electron chi connectivity index (χ1n) is 7.26. The number of ether oxygens (including phenoxy) is 1. The van der Waals surface area contributed by atoms with Gasteiger partial charge in [-0.05, 0) is 24.8 Å². The van der Waals surface area contributed by atoms with Gasteiger partial charge in [-0.1, -0.05) is 42.1 Å². The first-order valence-corrected chi connectivity index (χ1v) is 8.25. The predicted octanol–water partition coefficient (Wildman–Crippen LogP) is 2.09. The molecule has 2 heterocycles. The minimum Gasteiger partial charge on any atom is -0.377 e. The second-order valence-electron chi connectivity index (χ2n) is 5.14. The molecule has 3 rings (SSSR count). The van der Waals surface area contributed by atoms with E-state index in [4.69, 9.17) is 4.74 Å². The van der Waals surface area contributed by atoms with E-state index in [0.29, 0.717) is 12.6 Å². The van der Waals surface area contributed by atoms with E-state index >= 15 is 0 Å². The second kappa shape index (κ2) is 6.95. The number of nitrogens with zero attached hydrogens (tertiary/aromatic N) is 2. The lowest BCUT2D eigenvalue weighted by molar-refractivity contribution is 0.129. The van der Waals surface area contributed by atoms with Crippen LogP contribution < -0.4 is 5.69 Å². The fourth-order valence-electron chi connectivity index (χ4n) is 2.44. The molecule has 2 aromatic rings. The molecule has 0 amide bonds.